The Morgan fingerprint density at radius 1 is 0.857 bits per heavy atom. The monoisotopic (exact) mass is 286 g/mol. The molecule has 1 aromatic carbocycles. The van der Waals surface area contributed by atoms with Crippen LogP contribution in [0.2, 0.25) is 0 Å². The van der Waals surface area contributed by atoms with Crippen LogP contribution in [0.4, 0.5) is 0 Å². The Morgan fingerprint density at radius 2 is 1.57 bits per heavy atom. The third-order valence-electron chi connectivity index (χ3n) is 2.97. The Morgan fingerprint density at radius 3 is 2.33 bits per heavy atom. The van der Waals surface area contributed by atoms with Gasteiger partial charge in [-0.05, 0) is 18.2 Å². The fraction of sp³-hybridized carbons (Fsp3) is 0. The van der Waals surface area contributed by atoms with Crippen molar-refractivity contribution in [1.82, 2.24) is 4.98 Å². The number of thioether (sulfide) groups is 1. The van der Waals surface area contributed by atoms with E-state index in [0.717, 1.165) is 34.1 Å². The number of nitrogens with zero attached hydrogens (tertiary/aromatic N) is 2. The van der Waals surface area contributed by atoms with Gasteiger partial charge in [0.05, 0.1) is 11.3 Å². The average molecular weight is 286 g/mol. The zero-order valence-electron chi connectivity index (χ0n) is 11.1. The first-order valence-corrected chi connectivity index (χ1v) is 7.22. The molecule has 1 aliphatic heterocycles. The molecule has 0 radical (unpaired) electrons. The minimum atomic E-state index is 0.669. The quantitative estimate of drug-likeness (QED) is 0.383. The summed E-state index contributed by atoms with van der Waals surface area (Å²) in [4.78, 5) is 4.49. The second kappa shape index (κ2) is 6.13. The molecule has 0 atom stereocenters. The summed E-state index contributed by atoms with van der Waals surface area (Å²) in [5.41, 5.74) is 3.59. The highest BCUT2D eigenvalue weighted by atomic mass is 32.2. The summed E-state index contributed by atoms with van der Waals surface area (Å²) >= 11 is 1.05. The van der Waals surface area contributed by atoms with Crippen molar-refractivity contribution in [3.63, 3.8) is 0 Å². The number of fused-ring (bicyclic) bond motifs is 1. The highest BCUT2D eigenvalue weighted by Gasteiger charge is 2.15. The Labute approximate surface area is 127 Å². The smallest absolute Gasteiger partial charge is 0.140 e. The number of hydrogen-bond acceptors (Lipinski definition) is 3. The second-order valence-corrected chi connectivity index (χ2v) is 5.08. The van der Waals surface area contributed by atoms with Gasteiger partial charge in [-0.3, -0.25) is 0 Å². The van der Waals surface area contributed by atoms with Crippen LogP contribution in [0.3, 0.4) is 0 Å². The Hall–Kier alpha value is -2.75. The van der Waals surface area contributed by atoms with Gasteiger partial charge in [0.1, 0.15) is 10.4 Å². The normalized spacial score (nSPS) is 9.67. The van der Waals surface area contributed by atoms with Crippen molar-refractivity contribution in [2.45, 2.75) is 5.03 Å². The lowest BCUT2D eigenvalue weighted by molar-refractivity contribution is 1.21. The molecule has 0 bridgehead atoms. The predicted molar refractivity (Wildman–Crippen MR) is 84.8 cm³/mol. The van der Waals surface area contributed by atoms with Crippen molar-refractivity contribution in [3.05, 3.63) is 71.8 Å². The lowest BCUT2D eigenvalue weighted by Gasteiger charge is -1.92. The third-order valence-corrected chi connectivity index (χ3v) is 3.55. The Kier molecular flexibility index (Phi) is 3.87. The van der Waals surface area contributed by atoms with Gasteiger partial charge in [-0.2, -0.15) is 5.26 Å². The molecule has 0 saturated heterocycles. The van der Waals surface area contributed by atoms with Crippen LogP contribution in [0.25, 0.3) is 11.3 Å². The van der Waals surface area contributed by atoms with Crippen LogP contribution >= 0.6 is 11.8 Å². The van der Waals surface area contributed by atoms with Crippen LogP contribution in [0, 0.1) is 22.5 Å². The summed E-state index contributed by atoms with van der Waals surface area (Å²) in [5, 5.41) is 11.7. The van der Waals surface area contributed by atoms with Crippen LogP contribution in [0.1, 0.15) is 11.1 Å². The molecule has 0 aromatic heterocycles. The van der Waals surface area contributed by atoms with E-state index in [4.69, 9.17) is 5.26 Å². The maximum absolute atomic E-state index is 8.93. The minimum Gasteiger partial charge on any atom is -0.239 e. The van der Waals surface area contributed by atoms with Crippen molar-refractivity contribution in [2.75, 3.05) is 0 Å². The van der Waals surface area contributed by atoms with E-state index in [1.165, 1.54) is 0 Å². The molecule has 2 nitrogen and oxygen atoms in total. The topological polar surface area (TPSA) is 36.7 Å². The standard InChI is InChI=1S/C18H10N2S/c19-13-21-18-16(12-11-14-7-3-1-4-8-14)15-9-5-2-6-10-17(15)20-18/h1-10H. The molecule has 0 unspecified atom stereocenters. The SMILES string of the molecule is N#CSc1nc2cccccc-2c1C#Cc1ccccc1. The van der Waals surface area contributed by atoms with Gasteiger partial charge in [-0.1, -0.05) is 54.3 Å². The number of thiocyanates is 1. The number of rotatable bonds is 1. The number of aromatic nitrogens is 1. The summed E-state index contributed by atoms with van der Waals surface area (Å²) in [6, 6.07) is 19.6. The van der Waals surface area contributed by atoms with E-state index in [9.17, 15) is 0 Å². The molecular formula is C18H10N2S. The van der Waals surface area contributed by atoms with Crippen LogP contribution in [-0.2, 0) is 0 Å². The van der Waals surface area contributed by atoms with Gasteiger partial charge in [0.15, 0.2) is 0 Å². The van der Waals surface area contributed by atoms with E-state index in [2.05, 4.69) is 22.2 Å². The van der Waals surface area contributed by atoms with Crippen molar-refractivity contribution >= 4 is 11.8 Å². The maximum Gasteiger partial charge on any atom is 0.140 e. The molecule has 0 spiro atoms. The van der Waals surface area contributed by atoms with Gasteiger partial charge in [0.25, 0.3) is 0 Å². The van der Waals surface area contributed by atoms with Crippen molar-refractivity contribution in [3.8, 4) is 28.5 Å². The van der Waals surface area contributed by atoms with E-state index >= 15 is 0 Å². The molecule has 1 heterocycles. The van der Waals surface area contributed by atoms with Crippen molar-refractivity contribution in [1.29, 1.82) is 5.26 Å². The van der Waals surface area contributed by atoms with Crippen LogP contribution in [0.5, 0.6) is 0 Å². The lowest BCUT2D eigenvalue weighted by atomic mass is 10.1. The first-order valence-electron chi connectivity index (χ1n) is 6.40. The van der Waals surface area contributed by atoms with Gasteiger partial charge >= 0.3 is 0 Å². The van der Waals surface area contributed by atoms with E-state index in [1.807, 2.05) is 60.7 Å². The third kappa shape index (κ3) is 2.89. The summed E-state index contributed by atoms with van der Waals surface area (Å²) in [5.74, 6) is 6.30. The summed E-state index contributed by atoms with van der Waals surface area (Å²) in [6.45, 7) is 0. The Balaban J connectivity index is 2.13. The molecule has 98 valence electrons. The second-order valence-electron chi connectivity index (χ2n) is 4.31. The van der Waals surface area contributed by atoms with Gasteiger partial charge in [-0.25, -0.2) is 4.98 Å². The van der Waals surface area contributed by atoms with E-state index in [0.29, 0.717) is 5.03 Å². The predicted octanol–water partition coefficient (Wildman–Crippen LogP) is 4.16. The maximum atomic E-state index is 8.93. The molecule has 1 aliphatic carbocycles. The fourth-order valence-corrected chi connectivity index (χ4v) is 2.51. The van der Waals surface area contributed by atoms with Crippen LogP contribution < -0.4 is 0 Å². The lowest BCUT2D eigenvalue weighted by Crippen LogP contribution is -1.77. The summed E-state index contributed by atoms with van der Waals surface area (Å²) < 4.78 is 0. The zero-order chi connectivity index (χ0) is 14.5. The molecule has 0 amide bonds. The number of nitriles is 1. The largest absolute Gasteiger partial charge is 0.239 e. The van der Waals surface area contributed by atoms with Gasteiger partial charge < -0.3 is 0 Å². The summed E-state index contributed by atoms with van der Waals surface area (Å²) in [7, 11) is 0. The van der Waals surface area contributed by atoms with E-state index < -0.39 is 0 Å². The molecule has 0 saturated carbocycles. The van der Waals surface area contributed by atoms with Gasteiger partial charge in [0.2, 0.25) is 0 Å². The number of benzene rings is 1. The molecule has 0 fully saturated rings. The first kappa shape index (κ1) is 13.2. The molecule has 2 aliphatic rings. The minimum absolute atomic E-state index is 0.669. The zero-order valence-corrected chi connectivity index (χ0v) is 11.9. The van der Waals surface area contributed by atoms with E-state index in [-0.39, 0.29) is 0 Å². The first-order chi connectivity index (χ1) is 10.4. The van der Waals surface area contributed by atoms with Gasteiger partial charge in [-0.15, -0.1) is 0 Å². The highest BCUT2D eigenvalue weighted by Crippen LogP contribution is 2.32. The average Bonchev–Trinajstić information content (AvgIpc) is 2.69. The number of hydrogen-bond donors (Lipinski definition) is 0. The Bertz CT molecular complexity index is 838. The van der Waals surface area contributed by atoms with E-state index in [1.54, 1.807) is 0 Å². The molecule has 3 heteroatoms. The molecule has 1 aromatic rings. The van der Waals surface area contributed by atoms with Crippen molar-refractivity contribution < 1.29 is 0 Å². The fourth-order valence-electron chi connectivity index (χ4n) is 2.02. The molecule has 3 rings (SSSR count). The van der Waals surface area contributed by atoms with Crippen LogP contribution in [-0.4, -0.2) is 4.98 Å². The molecule has 21 heavy (non-hydrogen) atoms. The van der Waals surface area contributed by atoms with Crippen LogP contribution in [0.15, 0.2) is 65.7 Å². The molecular weight excluding hydrogens is 276 g/mol. The highest BCUT2D eigenvalue weighted by molar-refractivity contribution is 8.03. The summed E-state index contributed by atoms with van der Waals surface area (Å²) in [6.07, 6.45) is 0. The van der Waals surface area contributed by atoms with Crippen molar-refractivity contribution in [2.24, 2.45) is 0 Å². The molecule has 0 N–H and O–H groups in total. The van der Waals surface area contributed by atoms with Gasteiger partial charge in [0, 0.05) is 22.9 Å².